The van der Waals surface area contributed by atoms with Crippen LogP contribution in [0.4, 0.5) is 11.4 Å². The first kappa shape index (κ1) is 23.9. The second kappa shape index (κ2) is 9.42. The van der Waals surface area contributed by atoms with Crippen LogP contribution in [-0.4, -0.2) is 32.8 Å². The second-order valence-corrected chi connectivity index (χ2v) is 10.5. The summed E-state index contributed by atoms with van der Waals surface area (Å²) in [6, 6.07) is 9.41. The summed E-state index contributed by atoms with van der Waals surface area (Å²) in [6.07, 6.45) is 0.958. The number of carbonyl (C=O) groups excluding carboxylic acids is 2. The molecule has 0 aromatic heterocycles. The molecule has 2 aromatic rings. The molecule has 0 saturated carbocycles. The van der Waals surface area contributed by atoms with Crippen molar-refractivity contribution in [2.24, 2.45) is 5.92 Å². The van der Waals surface area contributed by atoms with Crippen LogP contribution in [0, 0.1) is 19.8 Å². The molecular weight excluding hydrogens is 426 g/mol. The van der Waals surface area contributed by atoms with Gasteiger partial charge in [-0.05, 0) is 79.6 Å². The third kappa shape index (κ3) is 5.37. The predicted molar refractivity (Wildman–Crippen MR) is 126 cm³/mol. The monoisotopic (exact) mass is 457 g/mol. The normalized spacial score (nSPS) is 14.4. The van der Waals surface area contributed by atoms with Crippen LogP contribution in [0.1, 0.15) is 43.9 Å². The topological polar surface area (TPSA) is 95.6 Å². The maximum atomic E-state index is 13.1. The number of nitrogens with one attached hydrogen (secondary N) is 2. The van der Waals surface area contributed by atoms with Crippen molar-refractivity contribution in [1.29, 1.82) is 0 Å². The second-order valence-electron chi connectivity index (χ2n) is 8.80. The largest absolute Gasteiger partial charge is 0.325 e. The van der Waals surface area contributed by atoms with E-state index < -0.39 is 22.0 Å². The smallest absolute Gasteiger partial charge is 0.242 e. The Balaban J connectivity index is 1.82. The number of amides is 2. The highest BCUT2D eigenvalue weighted by Crippen LogP contribution is 2.30. The molecule has 1 aliphatic rings. The van der Waals surface area contributed by atoms with Gasteiger partial charge in [0.05, 0.1) is 4.90 Å². The minimum atomic E-state index is -3.93. The molecule has 0 saturated heterocycles. The van der Waals surface area contributed by atoms with Gasteiger partial charge in [0.1, 0.15) is 6.04 Å². The van der Waals surface area contributed by atoms with Crippen molar-refractivity contribution in [3.05, 3.63) is 53.1 Å². The van der Waals surface area contributed by atoms with E-state index in [2.05, 4.69) is 10.0 Å². The lowest BCUT2D eigenvalue weighted by Crippen LogP contribution is -2.44. The van der Waals surface area contributed by atoms with E-state index in [1.54, 1.807) is 17.0 Å². The lowest BCUT2D eigenvalue weighted by atomic mass is 10.0. The van der Waals surface area contributed by atoms with Gasteiger partial charge in [-0.3, -0.25) is 9.59 Å². The van der Waals surface area contributed by atoms with Gasteiger partial charge in [0.15, 0.2) is 0 Å². The lowest BCUT2D eigenvalue weighted by molar-refractivity contribution is -0.118. The number of nitrogens with zero attached hydrogens (tertiary/aromatic N) is 1. The third-order valence-corrected chi connectivity index (χ3v) is 7.20. The van der Waals surface area contributed by atoms with Crippen molar-refractivity contribution in [2.75, 3.05) is 16.8 Å². The molecule has 2 amide bonds. The Bertz CT molecular complexity index is 1140. The molecule has 0 aliphatic carbocycles. The van der Waals surface area contributed by atoms with E-state index in [0.717, 1.165) is 22.4 Å². The summed E-state index contributed by atoms with van der Waals surface area (Å²) < 4.78 is 28.8. The Morgan fingerprint density at radius 1 is 1.06 bits per heavy atom. The molecule has 7 nitrogen and oxygen atoms in total. The van der Waals surface area contributed by atoms with Crippen LogP contribution in [0.15, 0.2) is 41.3 Å². The van der Waals surface area contributed by atoms with Gasteiger partial charge in [-0.1, -0.05) is 19.9 Å². The molecule has 2 aromatic carbocycles. The molecule has 0 bridgehead atoms. The van der Waals surface area contributed by atoms with Crippen molar-refractivity contribution in [3.63, 3.8) is 0 Å². The molecule has 1 heterocycles. The average molecular weight is 458 g/mol. The van der Waals surface area contributed by atoms with E-state index in [9.17, 15) is 18.0 Å². The van der Waals surface area contributed by atoms with Crippen LogP contribution >= 0.6 is 0 Å². The molecule has 1 aliphatic heterocycles. The zero-order chi connectivity index (χ0) is 23.6. The van der Waals surface area contributed by atoms with Crippen LogP contribution < -0.4 is 14.9 Å². The van der Waals surface area contributed by atoms with Crippen LogP contribution in [0.5, 0.6) is 0 Å². The Morgan fingerprint density at radius 2 is 1.78 bits per heavy atom. The number of rotatable bonds is 7. The highest BCUT2D eigenvalue weighted by atomic mass is 32.2. The quantitative estimate of drug-likeness (QED) is 0.665. The molecule has 0 unspecified atom stereocenters. The fourth-order valence-corrected chi connectivity index (χ4v) is 5.11. The first-order valence-electron chi connectivity index (χ1n) is 10.8. The number of sulfonamides is 1. The first-order chi connectivity index (χ1) is 15.0. The standard InChI is InChI=1S/C24H31N3O4S/c1-15(2)12-22(24(29)25-20-7-6-16(3)17(4)13-20)26-32(30,31)21-8-9-23-19(14-21)10-11-27(23)18(5)28/h6-9,13-15,22,26H,10-12H2,1-5H3,(H,25,29)/t22-/m1/s1. The van der Waals surface area contributed by atoms with Gasteiger partial charge in [-0.15, -0.1) is 0 Å². The van der Waals surface area contributed by atoms with Gasteiger partial charge in [0.25, 0.3) is 0 Å². The van der Waals surface area contributed by atoms with E-state index in [-0.39, 0.29) is 16.7 Å². The van der Waals surface area contributed by atoms with Crippen molar-refractivity contribution < 1.29 is 18.0 Å². The van der Waals surface area contributed by atoms with Gasteiger partial charge < -0.3 is 10.2 Å². The van der Waals surface area contributed by atoms with E-state index in [4.69, 9.17) is 0 Å². The van der Waals surface area contributed by atoms with Gasteiger partial charge in [0, 0.05) is 24.8 Å². The SMILES string of the molecule is CC(=O)N1CCc2cc(S(=O)(=O)N[C@H](CC(C)C)C(=O)Nc3ccc(C)c(C)c3)ccc21. The molecule has 32 heavy (non-hydrogen) atoms. The molecule has 1 atom stereocenters. The number of fused-ring (bicyclic) bond motifs is 1. The summed E-state index contributed by atoms with van der Waals surface area (Å²) >= 11 is 0. The molecule has 0 radical (unpaired) electrons. The number of carbonyl (C=O) groups is 2. The number of hydrogen-bond acceptors (Lipinski definition) is 4. The number of aryl methyl sites for hydroxylation is 2. The fourth-order valence-electron chi connectivity index (χ4n) is 3.86. The molecule has 3 rings (SSSR count). The van der Waals surface area contributed by atoms with Crippen LogP contribution in [0.25, 0.3) is 0 Å². The summed E-state index contributed by atoms with van der Waals surface area (Å²) in [5, 5.41) is 2.84. The van der Waals surface area contributed by atoms with Crippen LogP contribution in [-0.2, 0) is 26.0 Å². The summed E-state index contributed by atoms with van der Waals surface area (Å²) in [5.41, 5.74) is 4.34. The Kier molecular flexibility index (Phi) is 7.05. The summed E-state index contributed by atoms with van der Waals surface area (Å²) in [6.45, 7) is 9.86. The molecular formula is C24H31N3O4S. The summed E-state index contributed by atoms with van der Waals surface area (Å²) in [5.74, 6) is -0.357. The van der Waals surface area contributed by atoms with Crippen molar-refractivity contribution in [2.45, 2.75) is 58.4 Å². The third-order valence-electron chi connectivity index (χ3n) is 5.73. The average Bonchev–Trinajstić information content (AvgIpc) is 3.13. The van der Waals surface area contributed by atoms with Crippen molar-refractivity contribution in [1.82, 2.24) is 4.72 Å². The Labute approximate surface area is 190 Å². The molecule has 2 N–H and O–H groups in total. The van der Waals surface area contributed by atoms with E-state index in [1.165, 1.54) is 13.0 Å². The van der Waals surface area contributed by atoms with E-state index >= 15 is 0 Å². The predicted octanol–water partition coefficient (Wildman–Crippen LogP) is 3.54. The highest BCUT2D eigenvalue weighted by Gasteiger charge is 2.29. The number of hydrogen-bond donors (Lipinski definition) is 2. The van der Waals surface area contributed by atoms with Crippen molar-refractivity contribution in [3.8, 4) is 0 Å². The zero-order valence-electron chi connectivity index (χ0n) is 19.2. The number of benzene rings is 2. The fraction of sp³-hybridized carbons (Fsp3) is 0.417. The van der Waals surface area contributed by atoms with Crippen LogP contribution in [0.3, 0.4) is 0 Å². The Morgan fingerprint density at radius 3 is 2.41 bits per heavy atom. The zero-order valence-corrected chi connectivity index (χ0v) is 20.0. The summed E-state index contributed by atoms with van der Waals surface area (Å²) in [7, 11) is -3.93. The minimum absolute atomic E-state index is 0.0718. The lowest BCUT2D eigenvalue weighted by Gasteiger charge is -2.21. The van der Waals surface area contributed by atoms with Gasteiger partial charge >= 0.3 is 0 Å². The maximum Gasteiger partial charge on any atom is 0.242 e. The van der Waals surface area contributed by atoms with Gasteiger partial charge in [-0.25, -0.2) is 8.42 Å². The van der Waals surface area contributed by atoms with Crippen molar-refractivity contribution >= 4 is 33.2 Å². The molecule has 8 heteroatoms. The van der Waals surface area contributed by atoms with E-state index in [0.29, 0.717) is 25.1 Å². The Hall–Kier alpha value is -2.71. The highest BCUT2D eigenvalue weighted by molar-refractivity contribution is 7.89. The molecule has 172 valence electrons. The molecule has 0 spiro atoms. The molecule has 0 fully saturated rings. The maximum absolute atomic E-state index is 13.1. The van der Waals surface area contributed by atoms with Gasteiger partial charge in [0.2, 0.25) is 21.8 Å². The minimum Gasteiger partial charge on any atom is -0.325 e. The van der Waals surface area contributed by atoms with E-state index in [1.807, 2.05) is 45.9 Å². The van der Waals surface area contributed by atoms with Crippen LogP contribution in [0.2, 0.25) is 0 Å². The first-order valence-corrected chi connectivity index (χ1v) is 12.3. The number of anilines is 2. The van der Waals surface area contributed by atoms with Gasteiger partial charge in [-0.2, -0.15) is 4.72 Å². The summed E-state index contributed by atoms with van der Waals surface area (Å²) in [4.78, 5) is 26.5.